The SMILES string of the molecule is Cc1cc2c(cc1-c1ccc(OCC(C)C)cc1)CC(C)(C)[C@H]2N(C(=O)O)[C@@H]1CN2CCC1CC2. The summed E-state index contributed by atoms with van der Waals surface area (Å²) in [6.45, 7) is 14.8. The summed E-state index contributed by atoms with van der Waals surface area (Å²) in [7, 11) is 0. The van der Waals surface area contributed by atoms with Crippen molar-refractivity contribution in [3.63, 3.8) is 0 Å². The van der Waals surface area contributed by atoms with Crippen molar-refractivity contribution in [3.8, 4) is 16.9 Å². The molecule has 2 aromatic carbocycles. The second-order valence-corrected chi connectivity index (χ2v) is 12.1. The summed E-state index contributed by atoms with van der Waals surface area (Å²) in [4.78, 5) is 17.1. The molecule has 5 nitrogen and oxygen atoms in total. The van der Waals surface area contributed by atoms with Crippen molar-refractivity contribution in [1.82, 2.24) is 9.80 Å². The lowest BCUT2D eigenvalue weighted by molar-refractivity contribution is -0.0267. The van der Waals surface area contributed by atoms with E-state index in [2.05, 4.69) is 75.9 Å². The van der Waals surface area contributed by atoms with Gasteiger partial charge in [-0.2, -0.15) is 0 Å². The van der Waals surface area contributed by atoms with Gasteiger partial charge < -0.3 is 14.7 Å². The summed E-state index contributed by atoms with van der Waals surface area (Å²) >= 11 is 0. The van der Waals surface area contributed by atoms with Crippen LogP contribution in [0.25, 0.3) is 11.1 Å². The molecule has 0 radical (unpaired) electrons. The standard InChI is InChI=1S/C30H40N2O3/c1-19(2)18-35-24-8-6-21(7-9-24)25-15-23-16-30(4,5)28(26(23)14-20(25)3)32(29(33)34)27-17-31-12-10-22(27)11-13-31/h6-9,14-15,19,22,27-28H,10-13,16-18H2,1-5H3,(H,33,34)/t27-,28+/m1/s1. The Morgan fingerprint density at radius 2 is 1.86 bits per heavy atom. The van der Waals surface area contributed by atoms with Crippen molar-refractivity contribution in [1.29, 1.82) is 0 Å². The zero-order valence-electron chi connectivity index (χ0n) is 21.9. The average Bonchev–Trinajstić information content (AvgIpc) is 3.07. The van der Waals surface area contributed by atoms with E-state index in [4.69, 9.17) is 4.74 Å². The normalized spacial score (nSPS) is 26.6. The molecule has 3 fully saturated rings. The van der Waals surface area contributed by atoms with E-state index in [0.29, 0.717) is 18.4 Å². The van der Waals surface area contributed by atoms with E-state index >= 15 is 0 Å². The number of benzene rings is 2. The van der Waals surface area contributed by atoms with Gasteiger partial charge in [0.25, 0.3) is 0 Å². The second-order valence-electron chi connectivity index (χ2n) is 12.1. The van der Waals surface area contributed by atoms with E-state index < -0.39 is 6.09 Å². The first-order chi connectivity index (χ1) is 16.6. The molecule has 2 aromatic rings. The number of carboxylic acid groups (broad SMARTS) is 1. The highest BCUT2D eigenvalue weighted by Crippen LogP contribution is 2.52. The van der Waals surface area contributed by atoms with Crippen LogP contribution in [0.5, 0.6) is 5.75 Å². The van der Waals surface area contributed by atoms with Gasteiger partial charge in [0.15, 0.2) is 0 Å². The highest BCUT2D eigenvalue weighted by molar-refractivity contribution is 5.72. The van der Waals surface area contributed by atoms with Crippen molar-refractivity contribution in [3.05, 3.63) is 53.1 Å². The minimum Gasteiger partial charge on any atom is -0.493 e. The van der Waals surface area contributed by atoms with Gasteiger partial charge in [0, 0.05) is 6.54 Å². The first kappa shape index (κ1) is 24.2. The lowest BCUT2D eigenvalue weighted by atomic mass is 9.79. The lowest BCUT2D eigenvalue weighted by Crippen LogP contribution is -2.60. The van der Waals surface area contributed by atoms with Crippen molar-refractivity contribution >= 4 is 6.09 Å². The van der Waals surface area contributed by atoms with Crippen molar-refractivity contribution in [2.45, 2.75) is 66.0 Å². The molecule has 3 heterocycles. The van der Waals surface area contributed by atoms with Crippen LogP contribution in [-0.4, -0.2) is 53.3 Å². The molecule has 2 bridgehead atoms. The smallest absolute Gasteiger partial charge is 0.408 e. The fraction of sp³-hybridized carbons (Fsp3) is 0.567. The van der Waals surface area contributed by atoms with E-state index in [9.17, 15) is 9.90 Å². The highest BCUT2D eigenvalue weighted by atomic mass is 16.5. The van der Waals surface area contributed by atoms with E-state index in [0.717, 1.165) is 44.6 Å². The molecule has 3 aliphatic heterocycles. The Morgan fingerprint density at radius 3 is 2.43 bits per heavy atom. The average molecular weight is 477 g/mol. The quantitative estimate of drug-likeness (QED) is 0.525. The van der Waals surface area contributed by atoms with Gasteiger partial charge in [0.1, 0.15) is 5.75 Å². The third-order valence-electron chi connectivity index (χ3n) is 8.39. The molecular formula is C30H40N2O3. The van der Waals surface area contributed by atoms with Crippen LogP contribution in [0.4, 0.5) is 4.79 Å². The molecule has 6 rings (SSSR count). The zero-order valence-corrected chi connectivity index (χ0v) is 21.9. The summed E-state index contributed by atoms with van der Waals surface area (Å²) in [5.41, 5.74) is 5.94. The molecule has 1 N–H and O–H groups in total. The van der Waals surface area contributed by atoms with E-state index in [1.54, 1.807) is 0 Å². The van der Waals surface area contributed by atoms with Crippen LogP contribution >= 0.6 is 0 Å². The number of fused-ring (bicyclic) bond motifs is 4. The molecular weight excluding hydrogens is 436 g/mol. The summed E-state index contributed by atoms with van der Waals surface area (Å²) in [6.07, 6.45) is 2.35. The summed E-state index contributed by atoms with van der Waals surface area (Å²) in [5.74, 6) is 1.88. The first-order valence-corrected chi connectivity index (χ1v) is 13.2. The van der Waals surface area contributed by atoms with Gasteiger partial charge in [-0.25, -0.2) is 4.79 Å². The van der Waals surface area contributed by atoms with Crippen LogP contribution in [0.15, 0.2) is 36.4 Å². The van der Waals surface area contributed by atoms with E-state index in [1.165, 1.54) is 27.8 Å². The molecule has 3 saturated heterocycles. The Bertz CT molecular complexity index is 1080. The van der Waals surface area contributed by atoms with Gasteiger partial charge in [-0.15, -0.1) is 0 Å². The fourth-order valence-corrected chi connectivity index (χ4v) is 6.71. The Labute approximate surface area is 210 Å². The Kier molecular flexibility index (Phi) is 6.33. The van der Waals surface area contributed by atoms with Crippen LogP contribution in [-0.2, 0) is 6.42 Å². The molecule has 0 unspecified atom stereocenters. The molecule has 1 aliphatic carbocycles. The number of hydrogen-bond acceptors (Lipinski definition) is 3. The van der Waals surface area contributed by atoms with Gasteiger partial charge in [-0.3, -0.25) is 4.90 Å². The van der Waals surface area contributed by atoms with Gasteiger partial charge in [0.2, 0.25) is 0 Å². The topological polar surface area (TPSA) is 53.0 Å². The highest BCUT2D eigenvalue weighted by Gasteiger charge is 2.50. The third kappa shape index (κ3) is 4.55. The fourth-order valence-electron chi connectivity index (χ4n) is 6.71. The molecule has 0 saturated carbocycles. The second kappa shape index (κ2) is 9.16. The van der Waals surface area contributed by atoms with E-state index in [-0.39, 0.29) is 17.5 Å². The predicted molar refractivity (Wildman–Crippen MR) is 140 cm³/mol. The molecule has 188 valence electrons. The summed E-state index contributed by atoms with van der Waals surface area (Å²) < 4.78 is 5.87. The molecule has 4 aliphatic rings. The molecule has 35 heavy (non-hydrogen) atoms. The largest absolute Gasteiger partial charge is 0.493 e. The Balaban J connectivity index is 1.47. The maximum atomic E-state index is 12.8. The molecule has 0 aromatic heterocycles. The number of rotatable bonds is 6. The third-order valence-corrected chi connectivity index (χ3v) is 8.39. The monoisotopic (exact) mass is 476 g/mol. The van der Waals surface area contributed by atoms with Gasteiger partial charge in [-0.05, 0) is 96.5 Å². The number of amides is 1. The maximum Gasteiger partial charge on any atom is 0.408 e. The maximum absolute atomic E-state index is 12.8. The minimum absolute atomic E-state index is 0.0867. The molecule has 5 heteroatoms. The van der Waals surface area contributed by atoms with Gasteiger partial charge >= 0.3 is 6.09 Å². The summed E-state index contributed by atoms with van der Waals surface area (Å²) in [5, 5.41) is 10.5. The zero-order chi connectivity index (χ0) is 24.9. The number of carbonyl (C=O) groups is 1. The van der Waals surface area contributed by atoms with Gasteiger partial charge in [-0.1, -0.05) is 52.0 Å². The van der Waals surface area contributed by atoms with Crippen LogP contribution in [0.1, 0.15) is 63.3 Å². The number of piperidine rings is 3. The first-order valence-electron chi connectivity index (χ1n) is 13.2. The molecule has 1 amide bonds. The summed E-state index contributed by atoms with van der Waals surface area (Å²) in [6, 6.07) is 12.9. The van der Waals surface area contributed by atoms with E-state index in [1.807, 2.05) is 4.90 Å². The predicted octanol–water partition coefficient (Wildman–Crippen LogP) is 6.39. The van der Waals surface area contributed by atoms with Crippen LogP contribution in [0.3, 0.4) is 0 Å². The van der Waals surface area contributed by atoms with Crippen molar-refractivity contribution < 1.29 is 14.6 Å². The molecule has 2 atom stereocenters. The van der Waals surface area contributed by atoms with Crippen LogP contribution < -0.4 is 4.74 Å². The van der Waals surface area contributed by atoms with Crippen LogP contribution in [0.2, 0.25) is 0 Å². The van der Waals surface area contributed by atoms with Gasteiger partial charge in [0.05, 0.1) is 18.7 Å². The number of hydrogen-bond donors (Lipinski definition) is 1. The minimum atomic E-state index is -0.770. The van der Waals surface area contributed by atoms with Crippen molar-refractivity contribution in [2.24, 2.45) is 17.3 Å². The van der Waals surface area contributed by atoms with Crippen LogP contribution in [0, 0.1) is 24.2 Å². The number of ether oxygens (including phenoxy) is 1. The Hall–Kier alpha value is -2.53. The number of nitrogens with zero attached hydrogens (tertiary/aromatic N) is 2. The number of aryl methyl sites for hydroxylation is 1. The lowest BCUT2D eigenvalue weighted by Gasteiger charge is -2.51. The Morgan fingerprint density at radius 1 is 1.17 bits per heavy atom. The van der Waals surface area contributed by atoms with Crippen molar-refractivity contribution in [2.75, 3.05) is 26.2 Å². The molecule has 0 spiro atoms.